The van der Waals surface area contributed by atoms with Crippen LogP contribution in [-0.2, 0) is 0 Å². The molecule has 206 valence electrons. The zero-order chi connectivity index (χ0) is 29.0. The lowest BCUT2D eigenvalue weighted by Gasteiger charge is -2.10. The molecule has 9 rings (SSSR count). The predicted octanol–water partition coefficient (Wildman–Crippen LogP) is 10.8. The summed E-state index contributed by atoms with van der Waals surface area (Å²) < 4.78 is 2.37. The van der Waals surface area contributed by atoms with E-state index in [1.165, 1.54) is 43.7 Å². The number of fused-ring (bicyclic) bond motifs is 6. The number of aromatic nitrogens is 3. The molecule has 3 aromatic heterocycles. The van der Waals surface area contributed by atoms with Crippen LogP contribution >= 0.6 is 0 Å². The molecule has 0 spiro atoms. The molecule has 0 aliphatic rings. The third kappa shape index (κ3) is 3.94. The van der Waals surface area contributed by atoms with Gasteiger partial charge in [0.2, 0.25) is 0 Å². The highest BCUT2D eigenvalue weighted by Crippen LogP contribution is 2.37. The van der Waals surface area contributed by atoms with E-state index in [9.17, 15) is 0 Å². The highest BCUT2D eigenvalue weighted by Gasteiger charge is 2.15. The van der Waals surface area contributed by atoms with Gasteiger partial charge < -0.3 is 9.55 Å². The molecule has 0 amide bonds. The Morgan fingerprint density at radius 1 is 0.386 bits per heavy atom. The second kappa shape index (κ2) is 9.82. The minimum atomic E-state index is 0.961. The van der Waals surface area contributed by atoms with Crippen molar-refractivity contribution >= 4 is 43.6 Å². The number of rotatable bonds is 4. The third-order valence-corrected chi connectivity index (χ3v) is 8.76. The van der Waals surface area contributed by atoms with E-state index in [0.717, 1.165) is 39.2 Å². The van der Waals surface area contributed by atoms with E-state index < -0.39 is 0 Å². The molecule has 0 unspecified atom stereocenters. The van der Waals surface area contributed by atoms with Crippen molar-refractivity contribution in [1.82, 2.24) is 14.5 Å². The Kier molecular flexibility index (Phi) is 5.50. The van der Waals surface area contributed by atoms with Crippen LogP contribution < -0.4 is 0 Å². The van der Waals surface area contributed by atoms with E-state index in [1.54, 1.807) is 0 Å². The SMILES string of the molecule is c1ccc(-c2ccc(-c3cccc(-c4ccc(-n5c6ccccc6c6cc7c(cc65)[nH]c5ccccc57)cc4)n3)cc2)cc1. The minimum Gasteiger partial charge on any atom is -0.354 e. The van der Waals surface area contributed by atoms with Crippen molar-refractivity contribution in [2.75, 3.05) is 0 Å². The number of hydrogen-bond acceptors (Lipinski definition) is 1. The van der Waals surface area contributed by atoms with Gasteiger partial charge in [-0.05, 0) is 59.7 Å². The van der Waals surface area contributed by atoms with E-state index in [1.807, 2.05) is 6.07 Å². The second-order valence-electron chi connectivity index (χ2n) is 11.3. The molecule has 3 nitrogen and oxygen atoms in total. The summed E-state index contributed by atoms with van der Waals surface area (Å²) >= 11 is 0. The molecule has 0 fully saturated rings. The molecule has 0 bridgehead atoms. The molecule has 0 atom stereocenters. The first kappa shape index (κ1) is 24.6. The molecule has 0 saturated heterocycles. The molecule has 3 heterocycles. The zero-order valence-electron chi connectivity index (χ0n) is 23.9. The lowest BCUT2D eigenvalue weighted by molar-refractivity contribution is 1.18. The molecule has 9 aromatic rings. The van der Waals surface area contributed by atoms with Gasteiger partial charge in [-0.2, -0.15) is 0 Å². The fourth-order valence-electron chi connectivity index (χ4n) is 6.59. The number of para-hydroxylation sites is 2. The first-order valence-electron chi connectivity index (χ1n) is 15.0. The summed E-state index contributed by atoms with van der Waals surface area (Å²) in [5.41, 5.74) is 12.4. The van der Waals surface area contributed by atoms with E-state index in [-0.39, 0.29) is 0 Å². The molecular formula is C41H27N3. The Bertz CT molecular complexity index is 2460. The molecule has 0 aliphatic heterocycles. The number of nitrogens with one attached hydrogen (secondary N) is 1. The summed E-state index contributed by atoms with van der Waals surface area (Å²) in [7, 11) is 0. The van der Waals surface area contributed by atoms with Crippen molar-refractivity contribution in [3.05, 3.63) is 158 Å². The standard InChI is InChI=1S/C41H27N3/c1-2-9-27(10-3-1)28-17-19-29(20-18-28)36-14-8-15-37(42-36)30-21-23-31(24-22-30)44-40-16-7-5-12-33(40)35-25-34-32-11-4-6-13-38(32)43-39(34)26-41(35)44/h1-26,43H. The number of nitrogens with zero attached hydrogens (tertiary/aromatic N) is 2. The summed E-state index contributed by atoms with van der Waals surface area (Å²) in [6.07, 6.45) is 0. The summed E-state index contributed by atoms with van der Waals surface area (Å²) in [4.78, 5) is 8.68. The van der Waals surface area contributed by atoms with Gasteiger partial charge in [0.05, 0.1) is 22.4 Å². The van der Waals surface area contributed by atoms with Crippen LogP contribution in [0.15, 0.2) is 158 Å². The zero-order valence-corrected chi connectivity index (χ0v) is 23.9. The van der Waals surface area contributed by atoms with Gasteiger partial charge in [-0.1, -0.05) is 109 Å². The van der Waals surface area contributed by atoms with Gasteiger partial charge in [-0.15, -0.1) is 0 Å². The fourth-order valence-corrected chi connectivity index (χ4v) is 6.59. The van der Waals surface area contributed by atoms with Gasteiger partial charge in [-0.3, -0.25) is 0 Å². The van der Waals surface area contributed by atoms with E-state index >= 15 is 0 Å². The van der Waals surface area contributed by atoms with Crippen LogP contribution in [0.4, 0.5) is 0 Å². The van der Waals surface area contributed by atoms with Crippen LogP contribution in [-0.4, -0.2) is 14.5 Å². The normalized spacial score (nSPS) is 11.6. The maximum Gasteiger partial charge on any atom is 0.0709 e. The molecule has 44 heavy (non-hydrogen) atoms. The van der Waals surface area contributed by atoms with Crippen molar-refractivity contribution in [1.29, 1.82) is 0 Å². The average Bonchev–Trinajstić information content (AvgIpc) is 3.62. The monoisotopic (exact) mass is 561 g/mol. The number of hydrogen-bond donors (Lipinski definition) is 1. The van der Waals surface area contributed by atoms with Crippen LogP contribution in [0.1, 0.15) is 0 Å². The van der Waals surface area contributed by atoms with E-state index in [0.29, 0.717) is 0 Å². The van der Waals surface area contributed by atoms with E-state index in [4.69, 9.17) is 4.98 Å². The lowest BCUT2D eigenvalue weighted by atomic mass is 10.0. The third-order valence-electron chi connectivity index (χ3n) is 8.76. The van der Waals surface area contributed by atoms with Crippen molar-refractivity contribution < 1.29 is 0 Å². The maximum absolute atomic E-state index is 5.05. The fraction of sp³-hybridized carbons (Fsp3) is 0. The smallest absolute Gasteiger partial charge is 0.0709 e. The quantitative estimate of drug-likeness (QED) is 0.228. The molecule has 1 N–H and O–H groups in total. The van der Waals surface area contributed by atoms with Crippen molar-refractivity contribution in [2.24, 2.45) is 0 Å². The summed E-state index contributed by atoms with van der Waals surface area (Å²) in [6, 6.07) is 56.0. The van der Waals surface area contributed by atoms with Crippen molar-refractivity contribution in [3.8, 4) is 39.3 Å². The predicted molar refractivity (Wildman–Crippen MR) is 184 cm³/mol. The van der Waals surface area contributed by atoms with Gasteiger partial charge in [0, 0.05) is 49.4 Å². The van der Waals surface area contributed by atoms with Crippen LogP contribution in [0, 0.1) is 0 Å². The van der Waals surface area contributed by atoms with E-state index in [2.05, 4.69) is 161 Å². The maximum atomic E-state index is 5.05. The van der Waals surface area contributed by atoms with Gasteiger partial charge in [0.1, 0.15) is 0 Å². The summed E-state index contributed by atoms with van der Waals surface area (Å²) in [5, 5.41) is 5.03. The number of pyridine rings is 1. The highest BCUT2D eigenvalue weighted by molar-refractivity contribution is 6.18. The van der Waals surface area contributed by atoms with Gasteiger partial charge >= 0.3 is 0 Å². The Morgan fingerprint density at radius 3 is 1.77 bits per heavy atom. The average molecular weight is 562 g/mol. The Labute approximate surface area is 254 Å². The number of H-pyrrole nitrogens is 1. The van der Waals surface area contributed by atoms with Crippen LogP contribution in [0.5, 0.6) is 0 Å². The van der Waals surface area contributed by atoms with Gasteiger partial charge in [0.25, 0.3) is 0 Å². The summed E-state index contributed by atoms with van der Waals surface area (Å²) in [5.74, 6) is 0. The Hall–Kier alpha value is -5.93. The molecule has 0 radical (unpaired) electrons. The van der Waals surface area contributed by atoms with Gasteiger partial charge in [-0.25, -0.2) is 4.98 Å². The molecular weight excluding hydrogens is 534 g/mol. The second-order valence-corrected chi connectivity index (χ2v) is 11.3. The molecule has 3 heteroatoms. The minimum absolute atomic E-state index is 0.961. The lowest BCUT2D eigenvalue weighted by Crippen LogP contribution is -1.94. The first-order chi connectivity index (χ1) is 21.8. The molecule has 0 saturated carbocycles. The van der Waals surface area contributed by atoms with Crippen LogP contribution in [0.3, 0.4) is 0 Å². The Morgan fingerprint density at radius 2 is 1.00 bits per heavy atom. The Balaban J connectivity index is 1.10. The number of aromatic amines is 1. The topological polar surface area (TPSA) is 33.6 Å². The van der Waals surface area contributed by atoms with Crippen LogP contribution in [0.2, 0.25) is 0 Å². The van der Waals surface area contributed by atoms with Crippen molar-refractivity contribution in [3.63, 3.8) is 0 Å². The van der Waals surface area contributed by atoms with Gasteiger partial charge in [0.15, 0.2) is 0 Å². The summed E-state index contributed by atoms with van der Waals surface area (Å²) in [6.45, 7) is 0. The molecule has 0 aliphatic carbocycles. The highest BCUT2D eigenvalue weighted by atomic mass is 15.0. The van der Waals surface area contributed by atoms with Crippen LogP contribution in [0.25, 0.3) is 82.9 Å². The first-order valence-corrected chi connectivity index (χ1v) is 15.0. The number of benzene rings is 6. The van der Waals surface area contributed by atoms with Crippen molar-refractivity contribution in [2.45, 2.75) is 0 Å². The molecule has 6 aromatic carbocycles. The largest absolute Gasteiger partial charge is 0.354 e.